The van der Waals surface area contributed by atoms with E-state index in [2.05, 4.69) is 11.1 Å². The summed E-state index contributed by atoms with van der Waals surface area (Å²) < 4.78 is 5.68. The molecular formula is C15H13N3O. The first-order chi connectivity index (χ1) is 9.22. The molecule has 0 saturated heterocycles. The second-order valence-corrected chi connectivity index (χ2v) is 4.23. The van der Waals surface area contributed by atoms with Gasteiger partial charge in [0.05, 0.1) is 5.69 Å². The van der Waals surface area contributed by atoms with Gasteiger partial charge in [-0.05, 0) is 29.0 Å². The van der Waals surface area contributed by atoms with Gasteiger partial charge in [0.2, 0.25) is 5.88 Å². The Morgan fingerprint density at radius 1 is 0.842 bits per heavy atom. The van der Waals surface area contributed by atoms with Crippen LogP contribution in [0.4, 0.5) is 11.5 Å². The summed E-state index contributed by atoms with van der Waals surface area (Å²) >= 11 is 0. The van der Waals surface area contributed by atoms with Gasteiger partial charge in [-0.15, -0.1) is 0 Å². The van der Waals surface area contributed by atoms with Gasteiger partial charge in [-0.1, -0.05) is 30.3 Å². The van der Waals surface area contributed by atoms with E-state index in [1.54, 1.807) is 12.1 Å². The van der Waals surface area contributed by atoms with E-state index >= 15 is 0 Å². The van der Waals surface area contributed by atoms with Crippen LogP contribution in [0.2, 0.25) is 0 Å². The maximum Gasteiger partial charge on any atom is 0.221 e. The maximum absolute atomic E-state index is 5.68. The SMILES string of the molecule is Nc1ccc(Oc2ccc3ccccc3c2)nc1N. The summed E-state index contributed by atoms with van der Waals surface area (Å²) in [5.74, 6) is 1.43. The summed E-state index contributed by atoms with van der Waals surface area (Å²) in [6.45, 7) is 0. The van der Waals surface area contributed by atoms with Gasteiger partial charge in [-0.25, -0.2) is 0 Å². The zero-order valence-corrected chi connectivity index (χ0v) is 10.2. The molecule has 3 rings (SSSR count). The molecule has 1 heterocycles. The fraction of sp³-hybridized carbons (Fsp3) is 0. The minimum atomic E-state index is 0.276. The monoisotopic (exact) mass is 251 g/mol. The van der Waals surface area contributed by atoms with Gasteiger partial charge in [0.1, 0.15) is 5.75 Å². The van der Waals surface area contributed by atoms with Crippen molar-refractivity contribution in [1.29, 1.82) is 0 Å². The largest absolute Gasteiger partial charge is 0.439 e. The van der Waals surface area contributed by atoms with Crippen molar-refractivity contribution in [3.63, 3.8) is 0 Å². The number of hydrogen-bond donors (Lipinski definition) is 2. The number of rotatable bonds is 2. The van der Waals surface area contributed by atoms with Crippen LogP contribution in [0, 0.1) is 0 Å². The van der Waals surface area contributed by atoms with E-state index in [1.165, 1.54) is 5.39 Å². The van der Waals surface area contributed by atoms with Crippen molar-refractivity contribution in [2.45, 2.75) is 0 Å². The Morgan fingerprint density at radius 2 is 1.63 bits per heavy atom. The van der Waals surface area contributed by atoms with E-state index in [0.717, 1.165) is 11.1 Å². The lowest BCUT2D eigenvalue weighted by atomic mass is 10.1. The Balaban J connectivity index is 1.94. The number of nitrogens with zero attached hydrogens (tertiary/aromatic N) is 1. The van der Waals surface area contributed by atoms with Crippen molar-refractivity contribution in [3.8, 4) is 11.6 Å². The number of hydrogen-bond acceptors (Lipinski definition) is 4. The molecule has 19 heavy (non-hydrogen) atoms. The van der Waals surface area contributed by atoms with E-state index in [1.807, 2.05) is 36.4 Å². The molecule has 0 aliphatic rings. The van der Waals surface area contributed by atoms with Crippen LogP contribution in [-0.4, -0.2) is 4.98 Å². The number of aromatic nitrogens is 1. The Bertz CT molecular complexity index is 740. The zero-order valence-electron chi connectivity index (χ0n) is 10.2. The molecule has 0 aliphatic carbocycles. The standard InChI is InChI=1S/C15H13N3O/c16-13-7-8-14(18-15(13)17)19-12-6-5-10-3-1-2-4-11(10)9-12/h1-9H,16H2,(H2,17,18). The zero-order chi connectivity index (χ0) is 13.2. The molecule has 0 amide bonds. The van der Waals surface area contributed by atoms with E-state index in [9.17, 15) is 0 Å². The normalized spacial score (nSPS) is 10.5. The molecule has 0 spiro atoms. The highest BCUT2D eigenvalue weighted by atomic mass is 16.5. The average molecular weight is 251 g/mol. The predicted octanol–water partition coefficient (Wildman–Crippen LogP) is 3.19. The molecule has 4 nitrogen and oxygen atoms in total. The van der Waals surface area contributed by atoms with Gasteiger partial charge < -0.3 is 16.2 Å². The van der Waals surface area contributed by atoms with E-state index in [0.29, 0.717) is 11.6 Å². The third-order valence-electron chi connectivity index (χ3n) is 2.88. The van der Waals surface area contributed by atoms with Crippen LogP contribution < -0.4 is 16.2 Å². The number of ether oxygens (including phenoxy) is 1. The molecule has 1 aromatic heterocycles. The second kappa shape index (κ2) is 4.49. The summed E-state index contributed by atoms with van der Waals surface area (Å²) in [6, 6.07) is 17.3. The Hall–Kier alpha value is -2.75. The first-order valence-electron chi connectivity index (χ1n) is 5.91. The van der Waals surface area contributed by atoms with Gasteiger partial charge in [0.15, 0.2) is 5.82 Å². The number of anilines is 2. The first kappa shape index (κ1) is 11.3. The van der Waals surface area contributed by atoms with Crippen LogP contribution in [0.25, 0.3) is 10.8 Å². The molecule has 0 aliphatic heterocycles. The van der Waals surface area contributed by atoms with Crippen molar-refractivity contribution < 1.29 is 4.74 Å². The van der Waals surface area contributed by atoms with Crippen LogP contribution >= 0.6 is 0 Å². The molecule has 0 fully saturated rings. The Kier molecular flexibility index (Phi) is 2.68. The number of benzene rings is 2. The molecule has 0 unspecified atom stereocenters. The molecule has 4 N–H and O–H groups in total. The van der Waals surface area contributed by atoms with Crippen LogP contribution in [0.5, 0.6) is 11.6 Å². The Labute approximate surface area is 110 Å². The number of fused-ring (bicyclic) bond motifs is 1. The molecule has 3 aromatic rings. The third-order valence-corrected chi connectivity index (χ3v) is 2.88. The lowest BCUT2D eigenvalue weighted by Gasteiger charge is -2.07. The molecule has 2 aromatic carbocycles. The lowest BCUT2D eigenvalue weighted by Crippen LogP contribution is -1.98. The summed E-state index contributed by atoms with van der Waals surface area (Å²) in [4.78, 5) is 4.08. The highest BCUT2D eigenvalue weighted by Gasteiger charge is 2.03. The van der Waals surface area contributed by atoms with Gasteiger partial charge in [0.25, 0.3) is 0 Å². The molecular weight excluding hydrogens is 238 g/mol. The molecule has 0 radical (unpaired) electrons. The molecule has 0 saturated carbocycles. The number of nitrogens with two attached hydrogens (primary N) is 2. The van der Waals surface area contributed by atoms with Crippen molar-refractivity contribution in [1.82, 2.24) is 4.98 Å². The topological polar surface area (TPSA) is 74.2 Å². The van der Waals surface area contributed by atoms with Gasteiger partial charge in [0, 0.05) is 6.07 Å². The predicted molar refractivity (Wildman–Crippen MR) is 77.1 cm³/mol. The highest BCUT2D eigenvalue weighted by molar-refractivity contribution is 5.83. The smallest absolute Gasteiger partial charge is 0.221 e. The quantitative estimate of drug-likeness (QED) is 0.733. The summed E-state index contributed by atoms with van der Waals surface area (Å²) in [6.07, 6.45) is 0. The molecule has 0 atom stereocenters. The van der Waals surface area contributed by atoms with E-state index in [4.69, 9.17) is 16.2 Å². The van der Waals surface area contributed by atoms with Crippen molar-refractivity contribution >= 4 is 22.3 Å². The Morgan fingerprint density at radius 3 is 2.42 bits per heavy atom. The van der Waals surface area contributed by atoms with Crippen LogP contribution in [0.1, 0.15) is 0 Å². The average Bonchev–Trinajstić information content (AvgIpc) is 2.43. The third kappa shape index (κ3) is 2.28. The van der Waals surface area contributed by atoms with E-state index < -0.39 is 0 Å². The van der Waals surface area contributed by atoms with Gasteiger partial charge in [-0.2, -0.15) is 4.98 Å². The molecule has 0 bridgehead atoms. The first-order valence-corrected chi connectivity index (χ1v) is 5.91. The number of nitrogen functional groups attached to an aromatic ring is 2. The molecule has 4 heteroatoms. The minimum absolute atomic E-state index is 0.276. The second-order valence-electron chi connectivity index (χ2n) is 4.23. The van der Waals surface area contributed by atoms with Crippen LogP contribution in [0.15, 0.2) is 54.6 Å². The summed E-state index contributed by atoms with van der Waals surface area (Å²) in [5.41, 5.74) is 11.7. The van der Waals surface area contributed by atoms with E-state index in [-0.39, 0.29) is 5.82 Å². The van der Waals surface area contributed by atoms with Crippen molar-refractivity contribution in [2.24, 2.45) is 0 Å². The maximum atomic E-state index is 5.68. The molecule has 94 valence electrons. The minimum Gasteiger partial charge on any atom is -0.439 e. The highest BCUT2D eigenvalue weighted by Crippen LogP contribution is 2.26. The fourth-order valence-electron chi connectivity index (χ4n) is 1.88. The lowest BCUT2D eigenvalue weighted by molar-refractivity contribution is 0.465. The number of pyridine rings is 1. The van der Waals surface area contributed by atoms with Gasteiger partial charge in [-0.3, -0.25) is 0 Å². The van der Waals surface area contributed by atoms with Crippen molar-refractivity contribution in [3.05, 3.63) is 54.6 Å². The van der Waals surface area contributed by atoms with Crippen LogP contribution in [-0.2, 0) is 0 Å². The van der Waals surface area contributed by atoms with Gasteiger partial charge >= 0.3 is 0 Å². The van der Waals surface area contributed by atoms with Crippen LogP contribution in [0.3, 0.4) is 0 Å². The summed E-state index contributed by atoms with van der Waals surface area (Å²) in [7, 11) is 0. The fourth-order valence-corrected chi connectivity index (χ4v) is 1.88. The summed E-state index contributed by atoms with van der Waals surface area (Å²) in [5, 5.41) is 2.28. The van der Waals surface area contributed by atoms with Crippen molar-refractivity contribution in [2.75, 3.05) is 11.5 Å².